The van der Waals surface area contributed by atoms with Gasteiger partial charge in [-0.1, -0.05) is 6.07 Å². The van der Waals surface area contributed by atoms with Crippen LogP contribution in [-0.4, -0.2) is 40.4 Å². The Bertz CT molecular complexity index is 471. The Hall–Kier alpha value is -1.75. The average Bonchev–Trinajstić information content (AvgIpc) is 2.50. The van der Waals surface area contributed by atoms with Crippen LogP contribution in [0, 0.1) is 5.41 Å². The zero-order valence-electron chi connectivity index (χ0n) is 13.5. The summed E-state index contributed by atoms with van der Waals surface area (Å²) >= 11 is 0. The number of carbonyl (C=O) groups excluding carboxylic acids is 1. The van der Waals surface area contributed by atoms with Crippen LogP contribution in [0.3, 0.4) is 0 Å². The fourth-order valence-electron chi connectivity index (χ4n) is 2.02. The van der Waals surface area contributed by atoms with Gasteiger partial charge in [0.15, 0.2) is 11.5 Å². The summed E-state index contributed by atoms with van der Waals surface area (Å²) in [5, 5.41) is 3.28. The van der Waals surface area contributed by atoms with Crippen molar-refractivity contribution in [2.45, 2.75) is 20.3 Å². The number of nitrogens with one attached hydrogen (secondary N) is 1. The SMILES string of the molecule is COC(=O)C(C)(C)CNCCc1ccc(OC)c(OC)c1. The smallest absolute Gasteiger partial charge is 0.312 e. The maximum atomic E-state index is 11.6. The predicted molar refractivity (Wildman–Crippen MR) is 81.9 cm³/mol. The molecule has 0 atom stereocenters. The van der Waals surface area contributed by atoms with E-state index in [-0.39, 0.29) is 5.97 Å². The van der Waals surface area contributed by atoms with Gasteiger partial charge in [0.25, 0.3) is 0 Å². The number of methoxy groups -OCH3 is 3. The number of rotatable bonds is 8. The molecule has 0 bridgehead atoms. The van der Waals surface area contributed by atoms with E-state index in [1.807, 2.05) is 32.0 Å². The monoisotopic (exact) mass is 295 g/mol. The largest absolute Gasteiger partial charge is 0.493 e. The summed E-state index contributed by atoms with van der Waals surface area (Å²) in [6.45, 7) is 5.08. The maximum absolute atomic E-state index is 11.6. The van der Waals surface area contributed by atoms with Crippen molar-refractivity contribution in [3.8, 4) is 11.5 Å². The van der Waals surface area contributed by atoms with E-state index in [1.54, 1.807) is 14.2 Å². The van der Waals surface area contributed by atoms with Gasteiger partial charge < -0.3 is 19.5 Å². The minimum absolute atomic E-state index is 0.207. The zero-order valence-corrected chi connectivity index (χ0v) is 13.5. The van der Waals surface area contributed by atoms with E-state index in [2.05, 4.69) is 5.32 Å². The minimum atomic E-state index is -0.521. The summed E-state index contributed by atoms with van der Waals surface area (Å²) in [6, 6.07) is 5.87. The van der Waals surface area contributed by atoms with E-state index in [0.29, 0.717) is 6.54 Å². The lowest BCUT2D eigenvalue weighted by Gasteiger charge is -2.21. The Morgan fingerprint density at radius 1 is 1.14 bits per heavy atom. The summed E-state index contributed by atoms with van der Waals surface area (Å²) in [5.41, 5.74) is 0.628. The second kappa shape index (κ2) is 7.88. The first kappa shape index (κ1) is 17.3. The van der Waals surface area contributed by atoms with Gasteiger partial charge >= 0.3 is 5.97 Å². The normalized spacial score (nSPS) is 11.1. The standard InChI is InChI=1S/C16H25NO4/c1-16(2,15(18)21-5)11-17-9-8-12-6-7-13(19-3)14(10-12)20-4/h6-7,10,17H,8-9,11H2,1-5H3. The molecule has 0 aliphatic rings. The highest BCUT2D eigenvalue weighted by molar-refractivity contribution is 5.76. The molecule has 0 aliphatic carbocycles. The lowest BCUT2D eigenvalue weighted by Crippen LogP contribution is -2.37. The van der Waals surface area contributed by atoms with Crippen LogP contribution >= 0.6 is 0 Å². The molecule has 0 fully saturated rings. The van der Waals surface area contributed by atoms with Gasteiger partial charge in [0.1, 0.15) is 0 Å². The van der Waals surface area contributed by atoms with Gasteiger partial charge in [0.2, 0.25) is 0 Å². The van der Waals surface area contributed by atoms with Gasteiger partial charge in [-0.2, -0.15) is 0 Å². The molecule has 0 saturated heterocycles. The molecule has 0 aromatic heterocycles. The Kier molecular flexibility index (Phi) is 6.49. The highest BCUT2D eigenvalue weighted by atomic mass is 16.5. The molecule has 1 aromatic carbocycles. The van der Waals surface area contributed by atoms with Crippen LogP contribution in [0.2, 0.25) is 0 Å². The first-order chi connectivity index (χ1) is 9.94. The molecule has 1 N–H and O–H groups in total. The minimum Gasteiger partial charge on any atom is -0.493 e. The van der Waals surface area contributed by atoms with Crippen LogP contribution in [-0.2, 0) is 16.0 Å². The Morgan fingerprint density at radius 3 is 2.38 bits per heavy atom. The van der Waals surface area contributed by atoms with Gasteiger partial charge in [-0.3, -0.25) is 4.79 Å². The van der Waals surface area contributed by atoms with Crippen LogP contribution in [0.25, 0.3) is 0 Å². The third-order valence-corrected chi connectivity index (χ3v) is 3.34. The number of carbonyl (C=O) groups is 1. The number of hydrogen-bond donors (Lipinski definition) is 1. The maximum Gasteiger partial charge on any atom is 0.312 e. The fraction of sp³-hybridized carbons (Fsp3) is 0.562. The Labute approximate surface area is 126 Å². The third kappa shape index (κ3) is 4.93. The van der Waals surface area contributed by atoms with E-state index < -0.39 is 5.41 Å². The van der Waals surface area contributed by atoms with E-state index in [0.717, 1.165) is 30.0 Å². The van der Waals surface area contributed by atoms with Gasteiger partial charge in [-0.05, 0) is 44.5 Å². The van der Waals surface area contributed by atoms with Crippen LogP contribution < -0.4 is 14.8 Å². The van der Waals surface area contributed by atoms with Gasteiger partial charge in [0.05, 0.1) is 26.7 Å². The van der Waals surface area contributed by atoms with Crippen LogP contribution in [0.1, 0.15) is 19.4 Å². The number of ether oxygens (including phenoxy) is 3. The van der Waals surface area contributed by atoms with Crippen molar-refractivity contribution in [3.63, 3.8) is 0 Å². The summed E-state index contributed by atoms with van der Waals surface area (Å²) in [5.74, 6) is 1.24. The lowest BCUT2D eigenvalue weighted by atomic mass is 9.94. The summed E-state index contributed by atoms with van der Waals surface area (Å²) < 4.78 is 15.3. The first-order valence-corrected chi connectivity index (χ1v) is 6.94. The molecule has 1 rings (SSSR count). The summed E-state index contributed by atoms with van der Waals surface area (Å²) in [4.78, 5) is 11.6. The molecule has 5 nitrogen and oxygen atoms in total. The second-order valence-electron chi connectivity index (χ2n) is 5.49. The van der Waals surface area contributed by atoms with Gasteiger partial charge in [-0.15, -0.1) is 0 Å². The van der Waals surface area contributed by atoms with Gasteiger partial charge in [0, 0.05) is 6.54 Å². The van der Waals surface area contributed by atoms with Crippen LogP contribution in [0.4, 0.5) is 0 Å². The van der Waals surface area contributed by atoms with Crippen LogP contribution in [0.15, 0.2) is 18.2 Å². The van der Waals surface area contributed by atoms with Crippen molar-refractivity contribution in [3.05, 3.63) is 23.8 Å². The van der Waals surface area contributed by atoms with Crippen LogP contribution in [0.5, 0.6) is 11.5 Å². The molecular weight excluding hydrogens is 270 g/mol. The molecule has 0 aliphatic heterocycles. The second-order valence-corrected chi connectivity index (χ2v) is 5.49. The van der Waals surface area contributed by atoms with Crippen molar-refractivity contribution in [1.82, 2.24) is 5.32 Å². The molecule has 0 amide bonds. The zero-order chi connectivity index (χ0) is 15.9. The van der Waals surface area contributed by atoms with Gasteiger partial charge in [-0.25, -0.2) is 0 Å². The van der Waals surface area contributed by atoms with Crippen molar-refractivity contribution in [2.75, 3.05) is 34.4 Å². The highest BCUT2D eigenvalue weighted by Gasteiger charge is 2.27. The summed E-state index contributed by atoms with van der Waals surface area (Å²) in [6.07, 6.45) is 0.845. The fourth-order valence-corrected chi connectivity index (χ4v) is 2.02. The molecule has 0 unspecified atom stereocenters. The molecule has 118 valence electrons. The number of esters is 1. The third-order valence-electron chi connectivity index (χ3n) is 3.34. The van der Waals surface area contributed by atoms with Crippen molar-refractivity contribution >= 4 is 5.97 Å². The number of benzene rings is 1. The highest BCUT2D eigenvalue weighted by Crippen LogP contribution is 2.27. The van der Waals surface area contributed by atoms with E-state index >= 15 is 0 Å². The van der Waals surface area contributed by atoms with E-state index in [9.17, 15) is 4.79 Å². The topological polar surface area (TPSA) is 56.8 Å². The molecule has 0 heterocycles. The Balaban J connectivity index is 2.48. The quantitative estimate of drug-likeness (QED) is 0.587. The molecule has 5 heteroatoms. The van der Waals surface area contributed by atoms with E-state index in [1.165, 1.54) is 7.11 Å². The Morgan fingerprint density at radius 2 is 1.81 bits per heavy atom. The first-order valence-electron chi connectivity index (χ1n) is 6.94. The van der Waals surface area contributed by atoms with Crippen molar-refractivity contribution < 1.29 is 19.0 Å². The molecule has 0 saturated carbocycles. The van der Waals surface area contributed by atoms with E-state index in [4.69, 9.17) is 14.2 Å². The van der Waals surface area contributed by atoms with Crippen molar-refractivity contribution in [2.24, 2.45) is 5.41 Å². The molecule has 0 radical (unpaired) electrons. The average molecular weight is 295 g/mol. The lowest BCUT2D eigenvalue weighted by molar-refractivity contribution is -0.150. The molecular formula is C16H25NO4. The summed E-state index contributed by atoms with van der Waals surface area (Å²) in [7, 11) is 4.65. The number of hydrogen-bond acceptors (Lipinski definition) is 5. The molecule has 21 heavy (non-hydrogen) atoms. The molecule has 1 aromatic rings. The predicted octanol–water partition coefficient (Wildman–Crippen LogP) is 2.04. The molecule has 0 spiro atoms. The van der Waals surface area contributed by atoms with Crippen molar-refractivity contribution in [1.29, 1.82) is 0 Å².